The van der Waals surface area contributed by atoms with Crippen LogP contribution in [0, 0.1) is 0 Å². The Morgan fingerprint density at radius 1 is 1.31 bits per heavy atom. The molecule has 1 aromatic rings. The summed E-state index contributed by atoms with van der Waals surface area (Å²) in [5.41, 5.74) is 1.06. The predicted octanol–water partition coefficient (Wildman–Crippen LogP) is 2.91. The van der Waals surface area contributed by atoms with E-state index in [2.05, 4.69) is 6.92 Å². The van der Waals surface area contributed by atoms with E-state index in [9.17, 15) is 0 Å². The van der Waals surface area contributed by atoms with Gasteiger partial charge in [-0.15, -0.1) is 0 Å². The first-order chi connectivity index (χ1) is 7.83. The Labute approximate surface area is 96.3 Å². The summed E-state index contributed by atoms with van der Waals surface area (Å²) in [6.45, 7) is 2.86. The molecule has 88 valence electrons. The highest BCUT2D eigenvalue weighted by Gasteiger charge is 2.26. The van der Waals surface area contributed by atoms with Gasteiger partial charge in [-0.25, -0.2) is 0 Å². The van der Waals surface area contributed by atoms with Gasteiger partial charge in [0.25, 0.3) is 0 Å². The molecule has 1 heterocycles. The van der Waals surface area contributed by atoms with Crippen molar-refractivity contribution in [1.29, 1.82) is 0 Å². The van der Waals surface area contributed by atoms with E-state index in [0.717, 1.165) is 24.2 Å². The average molecular weight is 222 g/mol. The zero-order chi connectivity index (χ0) is 11.4. The smallest absolute Gasteiger partial charge is 0.184 e. The maximum Gasteiger partial charge on any atom is 0.184 e. The van der Waals surface area contributed by atoms with Crippen LogP contribution in [0.3, 0.4) is 0 Å². The highest BCUT2D eigenvalue weighted by molar-refractivity contribution is 5.28. The zero-order valence-corrected chi connectivity index (χ0v) is 9.81. The highest BCUT2D eigenvalue weighted by Crippen LogP contribution is 2.29. The summed E-state index contributed by atoms with van der Waals surface area (Å²) in [5, 5.41) is 0. The maximum atomic E-state index is 5.80. The molecule has 0 aromatic heterocycles. The predicted molar refractivity (Wildman–Crippen MR) is 61.5 cm³/mol. The van der Waals surface area contributed by atoms with Gasteiger partial charge in [0.2, 0.25) is 0 Å². The van der Waals surface area contributed by atoms with Gasteiger partial charge in [-0.1, -0.05) is 25.5 Å². The van der Waals surface area contributed by atoms with Crippen LogP contribution in [0.5, 0.6) is 5.75 Å². The Morgan fingerprint density at radius 3 is 2.69 bits per heavy atom. The van der Waals surface area contributed by atoms with Crippen molar-refractivity contribution in [1.82, 2.24) is 0 Å². The van der Waals surface area contributed by atoms with Crippen molar-refractivity contribution in [2.45, 2.75) is 32.2 Å². The summed E-state index contributed by atoms with van der Waals surface area (Å²) in [6.07, 6.45) is 2.23. The normalized spacial score (nSPS) is 24.6. The minimum atomic E-state index is -0.206. The Balaban J connectivity index is 1.97. The lowest BCUT2D eigenvalue weighted by molar-refractivity contribution is -0.0611. The first-order valence-electron chi connectivity index (χ1n) is 5.74. The monoisotopic (exact) mass is 222 g/mol. The summed E-state index contributed by atoms with van der Waals surface area (Å²) in [4.78, 5) is 0. The Bertz CT molecular complexity index is 320. The van der Waals surface area contributed by atoms with Gasteiger partial charge in [-0.3, -0.25) is 0 Å². The molecule has 16 heavy (non-hydrogen) atoms. The molecule has 1 saturated heterocycles. The fraction of sp³-hybridized carbons (Fsp3) is 0.538. The van der Waals surface area contributed by atoms with Crippen LogP contribution in [-0.4, -0.2) is 19.8 Å². The lowest BCUT2D eigenvalue weighted by Gasteiger charge is -2.11. The summed E-state index contributed by atoms with van der Waals surface area (Å²) in [6, 6.07) is 7.82. The van der Waals surface area contributed by atoms with Crippen molar-refractivity contribution >= 4 is 0 Å². The molecule has 0 N–H and O–H groups in total. The van der Waals surface area contributed by atoms with Gasteiger partial charge in [0.15, 0.2) is 6.29 Å². The van der Waals surface area contributed by atoms with Crippen molar-refractivity contribution in [3.05, 3.63) is 29.8 Å². The molecule has 1 aliphatic rings. The zero-order valence-electron chi connectivity index (χ0n) is 9.81. The number of hydrogen-bond acceptors (Lipinski definition) is 3. The Hall–Kier alpha value is -1.06. The second-order valence-corrected chi connectivity index (χ2v) is 3.99. The van der Waals surface area contributed by atoms with E-state index in [0.29, 0.717) is 6.61 Å². The standard InChI is InChI=1S/C13H18O3/c1-3-4-12-9-15-13(16-12)10-5-7-11(14-2)8-6-10/h5-8,12-13H,3-4,9H2,1-2H3/t12-,13?/m0/s1. The van der Waals surface area contributed by atoms with E-state index < -0.39 is 0 Å². The summed E-state index contributed by atoms with van der Waals surface area (Å²) in [7, 11) is 1.66. The van der Waals surface area contributed by atoms with Crippen molar-refractivity contribution in [3.8, 4) is 5.75 Å². The topological polar surface area (TPSA) is 27.7 Å². The molecule has 0 radical (unpaired) electrons. The van der Waals surface area contributed by atoms with Gasteiger partial charge >= 0.3 is 0 Å². The summed E-state index contributed by atoms with van der Waals surface area (Å²) in [5.74, 6) is 0.854. The fourth-order valence-electron chi connectivity index (χ4n) is 1.86. The summed E-state index contributed by atoms with van der Waals surface area (Å²) < 4.78 is 16.5. The number of benzene rings is 1. The van der Waals surface area contributed by atoms with Crippen LogP contribution in [0.2, 0.25) is 0 Å². The number of methoxy groups -OCH3 is 1. The van der Waals surface area contributed by atoms with Gasteiger partial charge in [0.1, 0.15) is 5.75 Å². The first-order valence-corrected chi connectivity index (χ1v) is 5.74. The van der Waals surface area contributed by atoms with Crippen LogP contribution in [0.1, 0.15) is 31.6 Å². The second-order valence-electron chi connectivity index (χ2n) is 3.99. The molecule has 0 spiro atoms. The van der Waals surface area contributed by atoms with E-state index in [1.807, 2.05) is 24.3 Å². The molecule has 0 amide bonds. The molecule has 1 aromatic carbocycles. The molecule has 3 nitrogen and oxygen atoms in total. The minimum Gasteiger partial charge on any atom is -0.497 e. The largest absolute Gasteiger partial charge is 0.497 e. The van der Waals surface area contributed by atoms with Crippen LogP contribution in [-0.2, 0) is 9.47 Å². The molecule has 3 heteroatoms. The molecule has 0 aliphatic carbocycles. The highest BCUT2D eigenvalue weighted by atomic mass is 16.7. The molecule has 2 rings (SSSR count). The van der Waals surface area contributed by atoms with E-state index >= 15 is 0 Å². The van der Waals surface area contributed by atoms with Gasteiger partial charge in [0, 0.05) is 5.56 Å². The molecule has 0 bridgehead atoms. The van der Waals surface area contributed by atoms with Gasteiger partial charge in [-0.05, 0) is 18.6 Å². The third kappa shape index (κ3) is 2.54. The van der Waals surface area contributed by atoms with Gasteiger partial charge < -0.3 is 14.2 Å². The van der Waals surface area contributed by atoms with E-state index in [-0.39, 0.29) is 12.4 Å². The van der Waals surface area contributed by atoms with E-state index in [4.69, 9.17) is 14.2 Å². The third-order valence-corrected chi connectivity index (χ3v) is 2.75. The molecule has 2 atom stereocenters. The number of rotatable bonds is 4. The number of hydrogen-bond donors (Lipinski definition) is 0. The minimum absolute atomic E-state index is 0.206. The van der Waals surface area contributed by atoms with Crippen LogP contribution in [0.4, 0.5) is 0 Å². The second kappa shape index (κ2) is 5.32. The van der Waals surface area contributed by atoms with Gasteiger partial charge in [-0.2, -0.15) is 0 Å². The first kappa shape index (κ1) is 11.4. The SMILES string of the molecule is CCC[C@H]1COC(c2ccc(OC)cc2)O1. The van der Waals surface area contributed by atoms with E-state index in [1.165, 1.54) is 0 Å². The molecular formula is C13H18O3. The third-order valence-electron chi connectivity index (χ3n) is 2.75. The van der Waals surface area contributed by atoms with Crippen molar-refractivity contribution in [2.24, 2.45) is 0 Å². The fourth-order valence-corrected chi connectivity index (χ4v) is 1.86. The van der Waals surface area contributed by atoms with Crippen LogP contribution in [0.25, 0.3) is 0 Å². The maximum absolute atomic E-state index is 5.80. The summed E-state index contributed by atoms with van der Waals surface area (Å²) >= 11 is 0. The Morgan fingerprint density at radius 2 is 2.06 bits per heavy atom. The Kier molecular flexibility index (Phi) is 3.80. The molecule has 0 saturated carbocycles. The average Bonchev–Trinajstić information content (AvgIpc) is 2.78. The van der Waals surface area contributed by atoms with Crippen molar-refractivity contribution in [3.63, 3.8) is 0 Å². The van der Waals surface area contributed by atoms with Crippen LogP contribution >= 0.6 is 0 Å². The van der Waals surface area contributed by atoms with E-state index in [1.54, 1.807) is 7.11 Å². The molecule has 1 fully saturated rings. The van der Waals surface area contributed by atoms with Crippen molar-refractivity contribution < 1.29 is 14.2 Å². The lowest BCUT2D eigenvalue weighted by Crippen LogP contribution is -2.08. The van der Waals surface area contributed by atoms with Crippen molar-refractivity contribution in [2.75, 3.05) is 13.7 Å². The molecule has 1 aliphatic heterocycles. The van der Waals surface area contributed by atoms with Crippen LogP contribution in [0.15, 0.2) is 24.3 Å². The molecular weight excluding hydrogens is 204 g/mol. The van der Waals surface area contributed by atoms with Gasteiger partial charge in [0.05, 0.1) is 19.8 Å². The lowest BCUT2D eigenvalue weighted by atomic mass is 10.2. The quantitative estimate of drug-likeness (QED) is 0.784. The number of ether oxygens (including phenoxy) is 3. The molecule has 1 unspecified atom stereocenters. The van der Waals surface area contributed by atoms with Crippen LogP contribution < -0.4 is 4.74 Å².